The quantitative estimate of drug-likeness (QED) is 0.645. The summed E-state index contributed by atoms with van der Waals surface area (Å²) in [5, 5.41) is 10.0. The first-order valence-electron chi connectivity index (χ1n) is 3.59. The second-order valence-corrected chi connectivity index (χ2v) is 2.92. The van der Waals surface area contributed by atoms with Crippen molar-refractivity contribution in [2.45, 2.75) is 13.1 Å². The largest absolute Gasteiger partial charge is 0.507 e. The minimum atomic E-state index is 0.157. The second kappa shape index (κ2) is 3.76. The zero-order chi connectivity index (χ0) is 9.14. The molecule has 1 aromatic rings. The van der Waals surface area contributed by atoms with E-state index in [4.69, 9.17) is 23.1 Å². The number of hydrogen-bond donors (Lipinski definition) is 3. The van der Waals surface area contributed by atoms with Crippen molar-refractivity contribution >= 4 is 11.6 Å². The lowest BCUT2D eigenvalue weighted by Crippen LogP contribution is -2.02. The molecule has 0 aliphatic heterocycles. The van der Waals surface area contributed by atoms with E-state index in [2.05, 4.69) is 0 Å². The van der Waals surface area contributed by atoms with E-state index < -0.39 is 0 Å². The fourth-order valence-electron chi connectivity index (χ4n) is 1.03. The van der Waals surface area contributed by atoms with Gasteiger partial charge in [0.1, 0.15) is 5.75 Å². The topological polar surface area (TPSA) is 72.3 Å². The van der Waals surface area contributed by atoms with Gasteiger partial charge in [-0.15, -0.1) is 0 Å². The second-order valence-electron chi connectivity index (χ2n) is 2.48. The molecule has 0 spiro atoms. The van der Waals surface area contributed by atoms with Gasteiger partial charge in [-0.25, -0.2) is 0 Å². The maximum absolute atomic E-state index is 9.49. The summed E-state index contributed by atoms with van der Waals surface area (Å²) in [7, 11) is 0. The zero-order valence-corrected chi connectivity index (χ0v) is 7.30. The molecule has 5 N–H and O–H groups in total. The van der Waals surface area contributed by atoms with Crippen molar-refractivity contribution < 1.29 is 5.11 Å². The van der Waals surface area contributed by atoms with Gasteiger partial charge in [-0.3, -0.25) is 0 Å². The Morgan fingerprint density at radius 3 is 1.92 bits per heavy atom. The van der Waals surface area contributed by atoms with E-state index in [0.29, 0.717) is 16.1 Å². The molecule has 0 aliphatic rings. The Bertz CT molecular complexity index is 263. The van der Waals surface area contributed by atoms with Crippen molar-refractivity contribution in [3.8, 4) is 5.75 Å². The summed E-state index contributed by atoms with van der Waals surface area (Å²) in [6, 6.07) is 3.27. The molecular formula is C8H11ClN2O. The van der Waals surface area contributed by atoms with Gasteiger partial charge in [-0.05, 0) is 12.1 Å². The third kappa shape index (κ3) is 1.69. The summed E-state index contributed by atoms with van der Waals surface area (Å²) in [5.74, 6) is 0.157. The van der Waals surface area contributed by atoms with Crippen LogP contribution in [0.1, 0.15) is 11.1 Å². The van der Waals surface area contributed by atoms with Gasteiger partial charge in [0, 0.05) is 29.2 Å². The number of rotatable bonds is 2. The summed E-state index contributed by atoms with van der Waals surface area (Å²) in [6.45, 7) is 0.527. The molecule has 0 saturated carbocycles. The van der Waals surface area contributed by atoms with Gasteiger partial charge in [-0.1, -0.05) is 11.6 Å². The van der Waals surface area contributed by atoms with E-state index in [1.165, 1.54) is 0 Å². The molecule has 12 heavy (non-hydrogen) atoms. The molecule has 66 valence electrons. The number of nitrogens with two attached hydrogens (primary N) is 2. The van der Waals surface area contributed by atoms with Gasteiger partial charge in [0.15, 0.2) is 0 Å². The first kappa shape index (κ1) is 9.32. The van der Waals surface area contributed by atoms with E-state index in [1.54, 1.807) is 12.1 Å². The van der Waals surface area contributed by atoms with Gasteiger partial charge in [0.2, 0.25) is 0 Å². The van der Waals surface area contributed by atoms with E-state index in [0.717, 1.165) is 0 Å². The first-order chi connectivity index (χ1) is 5.69. The monoisotopic (exact) mass is 186 g/mol. The van der Waals surface area contributed by atoms with Crippen LogP contribution in [0.15, 0.2) is 12.1 Å². The highest BCUT2D eigenvalue weighted by atomic mass is 35.5. The molecule has 0 unspecified atom stereocenters. The molecular weight excluding hydrogens is 176 g/mol. The normalized spacial score (nSPS) is 10.2. The third-order valence-electron chi connectivity index (χ3n) is 1.67. The molecule has 0 radical (unpaired) electrons. The van der Waals surface area contributed by atoms with Crippen LogP contribution in [0.25, 0.3) is 0 Å². The number of phenolic OH excluding ortho intramolecular Hbond substituents is 1. The van der Waals surface area contributed by atoms with Crippen LogP contribution in [0.5, 0.6) is 5.75 Å². The maximum Gasteiger partial charge on any atom is 0.124 e. The molecule has 0 aliphatic carbocycles. The Morgan fingerprint density at radius 2 is 1.58 bits per heavy atom. The Kier molecular flexibility index (Phi) is 2.92. The predicted octanol–water partition coefficient (Wildman–Crippen LogP) is 0.963. The molecule has 0 saturated heterocycles. The number of benzene rings is 1. The number of hydrogen-bond acceptors (Lipinski definition) is 3. The van der Waals surface area contributed by atoms with Gasteiger partial charge in [0.25, 0.3) is 0 Å². The zero-order valence-electron chi connectivity index (χ0n) is 6.55. The highest BCUT2D eigenvalue weighted by Gasteiger charge is 2.06. The Labute approximate surface area is 75.9 Å². The van der Waals surface area contributed by atoms with Crippen LogP contribution in [0.4, 0.5) is 0 Å². The summed E-state index contributed by atoms with van der Waals surface area (Å²) in [6.07, 6.45) is 0. The molecule has 0 heterocycles. The SMILES string of the molecule is NCc1cc(Cl)cc(CN)c1O. The third-order valence-corrected chi connectivity index (χ3v) is 1.89. The fourth-order valence-corrected chi connectivity index (χ4v) is 1.29. The van der Waals surface area contributed by atoms with E-state index in [-0.39, 0.29) is 18.8 Å². The van der Waals surface area contributed by atoms with Crippen molar-refractivity contribution in [3.05, 3.63) is 28.3 Å². The molecule has 0 aromatic heterocycles. The number of halogens is 1. The Morgan fingerprint density at radius 1 is 1.17 bits per heavy atom. The summed E-state index contributed by atoms with van der Waals surface area (Å²) >= 11 is 5.76. The van der Waals surface area contributed by atoms with Crippen LogP contribution in [0.2, 0.25) is 5.02 Å². The van der Waals surface area contributed by atoms with Crippen LogP contribution in [-0.4, -0.2) is 5.11 Å². The molecule has 0 bridgehead atoms. The van der Waals surface area contributed by atoms with E-state index in [1.807, 2.05) is 0 Å². The molecule has 0 atom stereocenters. The van der Waals surface area contributed by atoms with E-state index >= 15 is 0 Å². The number of phenols is 1. The lowest BCUT2D eigenvalue weighted by atomic mass is 10.1. The highest BCUT2D eigenvalue weighted by Crippen LogP contribution is 2.26. The molecule has 4 heteroatoms. The average Bonchev–Trinajstić information content (AvgIpc) is 2.08. The number of aromatic hydroxyl groups is 1. The van der Waals surface area contributed by atoms with Crippen LogP contribution < -0.4 is 11.5 Å². The highest BCUT2D eigenvalue weighted by molar-refractivity contribution is 6.30. The Hall–Kier alpha value is -0.770. The van der Waals surface area contributed by atoms with Crippen molar-refractivity contribution in [3.63, 3.8) is 0 Å². The molecule has 1 rings (SSSR count). The van der Waals surface area contributed by atoms with Crippen LogP contribution in [0, 0.1) is 0 Å². The van der Waals surface area contributed by atoms with Crippen molar-refractivity contribution in [1.29, 1.82) is 0 Å². The van der Waals surface area contributed by atoms with Gasteiger partial charge >= 0.3 is 0 Å². The molecule has 1 aromatic carbocycles. The maximum atomic E-state index is 9.49. The fraction of sp³-hybridized carbons (Fsp3) is 0.250. The molecule has 0 fully saturated rings. The average molecular weight is 187 g/mol. The summed E-state index contributed by atoms with van der Waals surface area (Å²) in [4.78, 5) is 0. The molecule has 3 nitrogen and oxygen atoms in total. The van der Waals surface area contributed by atoms with Crippen molar-refractivity contribution in [2.24, 2.45) is 11.5 Å². The predicted molar refractivity (Wildman–Crippen MR) is 48.9 cm³/mol. The van der Waals surface area contributed by atoms with Gasteiger partial charge in [-0.2, -0.15) is 0 Å². The van der Waals surface area contributed by atoms with Crippen LogP contribution in [0.3, 0.4) is 0 Å². The molecule has 0 amide bonds. The first-order valence-corrected chi connectivity index (χ1v) is 3.97. The van der Waals surface area contributed by atoms with Gasteiger partial charge in [0.05, 0.1) is 0 Å². The van der Waals surface area contributed by atoms with Crippen molar-refractivity contribution in [2.75, 3.05) is 0 Å². The van der Waals surface area contributed by atoms with E-state index in [9.17, 15) is 5.11 Å². The Balaban J connectivity index is 3.22. The van der Waals surface area contributed by atoms with Gasteiger partial charge < -0.3 is 16.6 Å². The lowest BCUT2D eigenvalue weighted by molar-refractivity contribution is 0.461. The van der Waals surface area contributed by atoms with Crippen LogP contribution in [-0.2, 0) is 13.1 Å². The minimum absolute atomic E-state index is 0.157. The van der Waals surface area contributed by atoms with Crippen LogP contribution >= 0.6 is 11.6 Å². The standard InChI is InChI=1S/C8H11ClN2O/c9-7-1-5(3-10)8(12)6(2-7)4-11/h1-2,12H,3-4,10-11H2. The lowest BCUT2D eigenvalue weighted by Gasteiger charge is -2.07. The summed E-state index contributed by atoms with van der Waals surface area (Å²) in [5.41, 5.74) is 12.0. The smallest absolute Gasteiger partial charge is 0.124 e. The summed E-state index contributed by atoms with van der Waals surface area (Å²) < 4.78 is 0. The van der Waals surface area contributed by atoms with Crippen molar-refractivity contribution in [1.82, 2.24) is 0 Å². The minimum Gasteiger partial charge on any atom is -0.507 e.